The molecule has 0 saturated heterocycles. The summed E-state index contributed by atoms with van der Waals surface area (Å²) < 4.78 is 1.83. The van der Waals surface area contributed by atoms with Crippen molar-refractivity contribution in [3.05, 3.63) is 83.9 Å². The van der Waals surface area contributed by atoms with Crippen molar-refractivity contribution in [1.29, 1.82) is 0 Å². The molecule has 1 N–H and O–H groups in total. The second kappa shape index (κ2) is 7.88. The van der Waals surface area contributed by atoms with Crippen molar-refractivity contribution < 1.29 is 0 Å². The van der Waals surface area contributed by atoms with Crippen LogP contribution in [-0.4, -0.2) is 14.8 Å². The third kappa shape index (κ3) is 4.30. The standard InChI is InChI=1S/C20H24N4/c1-16(2)20(19-6-4-3-5-7-19)22-12-17-8-10-18(11-9-17)13-24-15-21-14-23-24/h3-11,14-16,20,22H,12-13H2,1-2H3/t20-/m0/s1. The summed E-state index contributed by atoms with van der Waals surface area (Å²) in [5.74, 6) is 0.541. The highest BCUT2D eigenvalue weighted by Gasteiger charge is 2.14. The summed E-state index contributed by atoms with van der Waals surface area (Å²) in [6.45, 7) is 6.13. The molecule has 0 amide bonds. The minimum absolute atomic E-state index is 0.362. The summed E-state index contributed by atoms with van der Waals surface area (Å²) in [5, 5.41) is 7.83. The van der Waals surface area contributed by atoms with Crippen LogP contribution in [0.1, 0.15) is 36.6 Å². The highest BCUT2D eigenvalue weighted by molar-refractivity contribution is 5.24. The van der Waals surface area contributed by atoms with Crippen molar-refractivity contribution in [2.75, 3.05) is 0 Å². The molecule has 1 heterocycles. The molecule has 3 rings (SSSR count). The molecule has 0 bridgehead atoms. The Morgan fingerprint density at radius 1 is 0.958 bits per heavy atom. The molecular weight excluding hydrogens is 296 g/mol. The topological polar surface area (TPSA) is 42.7 Å². The zero-order chi connectivity index (χ0) is 16.8. The van der Waals surface area contributed by atoms with Crippen LogP contribution in [0.3, 0.4) is 0 Å². The maximum absolute atomic E-state index is 4.14. The Hall–Kier alpha value is -2.46. The minimum Gasteiger partial charge on any atom is -0.306 e. The van der Waals surface area contributed by atoms with Gasteiger partial charge in [0.2, 0.25) is 0 Å². The molecule has 1 atom stereocenters. The van der Waals surface area contributed by atoms with Gasteiger partial charge in [-0.05, 0) is 22.6 Å². The van der Waals surface area contributed by atoms with Crippen LogP contribution in [0.2, 0.25) is 0 Å². The van der Waals surface area contributed by atoms with Gasteiger partial charge in [-0.15, -0.1) is 0 Å². The first kappa shape index (κ1) is 16.4. The summed E-state index contributed by atoms with van der Waals surface area (Å²) in [7, 11) is 0. The number of benzene rings is 2. The van der Waals surface area contributed by atoms with Gasteiger partial charge < -0.3 is 5.32 Å². The van der Waals surface area contributed by atoms with Crippen molar-refractivity contribution in [3.8, 4) is 0 Å². The van der Waals surface area contributed by atoms with Crippen LogP contribution < -0.4 is 5.32 Å². The first-order chi connectivity index (χ1) is 11.7. The molecule has 0 saturated carbocycles. The predicted molar refractivity (Wildman–Crippen MR) is 96.4 cm³/mol. The zero-order valence-corrected chi connectivity index (χ0v) is 14.3. The van der Waals surface area contributed by atoms with Gasteiger partial charge in [-0.3, -0.25) is 0 Å². The van der Waals surface area contributed by atoms with E-state index in [1.54, 1.807) is 12.7 Å². The summed E-state index contributed by atoms with van der Waals surface area (Å²) in [5.41, 5.74) is 3.86. The van der Waals surface area contributed by atoms with E-state index in [9.17, 15) is 0 Å². The lowest BCUT2D eigenvalue weighted by Crippen LogP contribution is -2.25. The summed E-state index contributed by atoms with van der Waals surface area (Å²) in [6, 6.07) is 19.7. The lowest BCUT2D eigenvalue weighted by molar-refractivity contribution is 0.410. The van der Waals surface area contributed by atoms with Gasteiger partial charge in [-0.2, -0.15) is 5.10 Å². The Balaban J connectivity index is 1.61. The molecule has 0 unspecified atom stereocenters. The van der Waals surface area contributed by atoms with Gasteiger partial charge in [0.25, 0.3) is 0 Å². The minimum atomic E-state index is 0.362. The van der Waals surface area contributed by atoms with E-state index in [0.29, 0.717) is 12.0 Å². The molecule has 0 aliphatic carbocycles. The van der Waals surface area contributed by atoms with Gasteiger partial charge in [0.1, 0.15) is 12.7 Å². The van der Waals surface area contributed by atoms with Crippen molar-refractivity contribution in [2.45, 2.75) is 33.0 Å². The van der Waals surface area contributed by atoms with E-state index in [2.05, 4.69) is 83.8 Å². The lowest BCUT2D eigenvalue weighted by atomic mass is 9.96. The predicted octanol–water partition coefficient (Wildman–Crippen LogP) is 3.81. The number of aromatic nitrogens is 3. The number of hydrogen-bond acceptors (Lipinski definition) is 3. The number of rotatable bonds is 7. The van der Waals surface area contributed by atoms with E-state index in [-0.39, 0.29) is 0 Å². The van der Waals surface area contributed by atoms with Crippen LogP contribution >= 0.6 is 0 Å². The maximum atomic E-state index is 4.14. The van der Waals surface area contributed by atoms with Crippen LogP contribution in [0.5, 0.6) is 0 Å². The quantitative estimate of drug-likeness (QED) is 0.720. The summed E-state index contributed by atoms with van der Waals surface area (Å²) in [6.07, 6.45) is 3.30. The van der Waals surface area contributed by atoms with E-state index in [4.69, 9.17) is 0 Å². The molecule has 0 spiro atoms. The Morgan fingerprint density at radius 3 is 2.29 bits per heavy atom. The molecule has 1 aromatic heterocycles. The van der Waals surface area contributed by atoms with E-state index >= 15 is 0 Å². The fraction of sp³-hybridized carbons (Fsp3) is 0.300. The van der Waals surface area contributed by atoms with Gasteiger partial charge in [0, 0.05) is 12.6 Å². The maximum Gasteiger partial charge on any atom is 0.137 e. The highest BCUT2D eigenvalue weighted by Crippen LogP contribution is 2.22. The monoisotopic (exact) mass is 320 g/mol. The summed E-state index contributed by atoms with van der Waals surface area (Å²) in [4.78, 5) is 3.97. The van der Waals surface area contributed by atoms with Crippen LogP contribution in [0.25, 0.3) is 0 Å². The Morgan fingerprint density at radius 2 is 1.67 bits per heavy atom. The number of nitrogens with zero attached hydrogens (tertiary/aromatic N) is 3. The molecule has 24 heavy (non-hydrogen) atoms. The van der Waals surface area contributed by atoms with Gasteiger partial charge in [-0.1, -0.05) is 68.4 Å². The Labute approximate surface area is 143 Å². The molecule has 124 valence electrons. The van der Waals surface area contributed by atoms with Crippen LogP contribution in [-0.2, 0) is 13.1 Å². The smallest absolute Gasteiger partial charge is 0.137 e. The molecule has 4 nitrogen and oxygen atoms in total. The second-order valence-corrected chi connectivity index (χ2v) is 6.42. The fourth-order valence-corrected chi connectivity index (χ4v) is 2.89. The van der Waals surface area contributed by atoms with Gasteiger partial charge >= 0.3 is 0 Å². The molecular formula is C20H24N4. The van der Waals surface area contributed by atoms with Gasteiger partial charge in [0.15, 0.2) is 0 Å². The normalized spacial score (nSPS) is 12.5. The first-order valence-corrected chi connectivity index (χ1v) is 8.41. The molecule has 0 radical (unpaired) electrons. The van der Waals surface area contributed by atoms with Crippen LogP contribution in [0.4, 0.5) is 0 Å². The van der Waals surface area contributed by atoms with E-state index in [0.717, 1.165) is 13.1 Å². The Kier molecular flexibility index (Phi) is 5.39. The van der Waals surface area contributed by atoms with Crippen LogP contribution in [0.15, 0.2) is 67.3 Å². The van der Waals surface area contributed by atoms with Crippen molar-refractivity contribution in [2.24, 2.45) is 5.92 Å². The summed E-state index contributed by atoms with van der Waals surface area (Å²) >= 11 is 0. The largest absolute Gasteiger partial charge is 0.306 e. The average Bonchev–Trinajstić information content (AvgIpc) is 3.10. The molecule has 2 aromatic carbocycles. The lowest BCUT2D eigenvalue weighted by Gasteiger charge is -2.23. The third-order valence-corrected chi connectivity index (χ3v) is 4.19. The highest BCUT2D eigenvalue weighted by atomic mass is 15.3. The SMILES string of the molecule is CC(C)[C@H](NCc1ccc(Cn2cncn2)cc1)c1ccccc1. The average molecular weight is 320 g/mol. The molecule has 0 fully saturated rings. The number of hydrogen-bond donors (Lipinski definition) is 1. The van der Waals surface area contributed by atoms with Crippen LogP contribution in [0, 0.1) is 5.92 Å². The van der Waals surface area contributed by atoms with Crippen molar-refractivity contribution >= 4 is 0 Å². The molecule has 3 aromatic rings. The molecule has 0 aliphatic rings. The van der Waals surface area contributed by atoms with Gasteiger partial charge in [0.05, 0.1) is 6.54 Å². The molecule has 4 heteroatoms. The Bertz CT molecular complexity index is 718. The van der Waals surface area contributed by atoms with Crippen molar-refractivity contribution in [1.82, 2.24) is 20.1 Å². The second-order valence-electron chi connectivity index (χ2n) is 6.42. The van der Waals surface area contributed by atoms with E-state index in [1.165, 1.54) is 16.7 Å². The first-order valence-electron chi connectivity index (χ1n) is 8.41. The number of nitrogens with one attached hydrogen (secondary N) is 1. The molecule has 0 aliphatic heterocycles. The van der Waals surface area contributed by atoms with Gasteiger partial charge in [-0.25, -0.2) is 9.67 Å². The van der Waals surface area contributed by atoms with Crippen molar-refractivity contribution in [3.63, 3.8) is 0 Å². The van der Waals surface area contributed by atoms with E-state index < -0.39 is 0 Å². The fourth-order valence-electron chi connectivity index (χ4n) is 2.89. The zero-order valence-electron chi connectivity index (χ0n) is 14.3. The third-order valence-electron chi connectivity index (χ3n) is 4.19. The van der Waals surface area contributed by atoms with E-state index in [1.807, 2.05) is 4.68 Å².